The summed E-state index contributed by atoms with van der Waals surface area (Å²) in [7, 11) is 0. The van der Waals surface area contributed by atoms with Crippen LogP contribution in [0.15, 0.2) is 65.7 Å². The molecule has 0 atom stereocenters. The van der Waals surface area contributed by atoms with Gasteiger partial charge in [0.05, 0.1) is 17.1 Å². The van der Waals surface area contributed by atoms with Gasteiger partial charge in [-0.25, -0.2) is 0 Å². The molecule has 2 amide bonds. The van der Waals surface area contributed by atoms with E-state index >= 15 is 0 Å². The average Bonchev–Trinajstić information content (AvgIpc) is 3.18. The number of nitrogens with zero attached hydrogens (tertiary/aromatic N) is 2. The largest absolute Gasteiger partial charge is 0.290 e. The Kier molecular flexibility index (Phi) is 4.64. The van der Waals surface area contributed by atoms with Crippen molar-refractivity contribution in [3.8, 4) is 11.3 Å². The Labute approximate surface area is 161 Å². The molecule has 0 aliphatic carbocycles. The molecule has 27 heavy (non-hydrogen) atoms. The van der Waals surface area contributed by atoms with Gasteiger partial charge in [-0.05, 0) is 36.4 Å². The Balaban J connectivity index is 1.77. The lowest BCUT2D eigenvalue weighted by molar-refractivity contribution is -0.115. The SMILES string of the molecule is Cc1cccc(-c2nn(Cc3ccccc3)cc2/C=C2\SC(=O)NC2=O)c1. The van der Waals surface area contributed by atoms with E-state index < -0.39 is 0 Å². The first kappa shape index (κ1) is 17.3. The third kappa shape index (κ3) is 3.85. The standard InChI is InChI=1S/C21H17N3O2S/c1-14-6-5-9-16(10-14)19-17(11-18-20(25)22-21(26)27-18)13-24(23-19)12-15-7-3-2-4-8-15/h2-11,13H,12H2,1H3,(H,22,25,26)/b18-11-. The molecule has 5 nitrogen and oxygen atoms in total. The monoisotopic (exact) mass is 375 g/mol. The highest BCUT2D eigenvalue weighted by Gasteiger charge is 2.26. The third-order valence-corrected chi connectivity index (χ3v) is 5.01. The van der Waals surface area contributed by atoms with E-state index in [2.05, 4.69) is 11.4 Å². The summed E-state index contributed by atoms with van der Waals surface area (Å²) in [5.74, 6) is -0.365. The second-order valence-corrected chi connectivity index (χ2v) is 7.35. The molecule has 6 heteroatoms. The van der Waals surface area contributed by atoms with Crippen LogP contribution >= 0.6 is 11.8 Å². The predicted octanol–water partition coefficient (Wildman–Crippen LogP) is 4.23. The number of hydrogen-bond donors (Lipinski definition) is 1. The van der Waals surface area contributed by atoms with Gasteiger partial charge in [0.25, 0.3) is 11.1 Å². The first-order valence-electron chi connectivity index (χ1n) is 8.52. The summed E-state index contributed by atoms with van der Waals surface area (Å²) < 4.78 is 1.86. The summed E-state index contributed by atoms with van der Waals surface area (Å²) in [5.41, 5.74) is 4.84. The molecule has 0 bridgehead atoms. The number of aromatic nitrogens is 2. The van der Waals surface area contributed by atoms with Gasteiger partial charge in [-0.3, -0.25) is 19.6 Å². The first-order chi connectivity index (χ1) is 13.1. The van der Waals surface area contributed by atoms with Crippen LogP contribution in [0.2, 0.25) is 0 Å². The number of amides is 2. The zero-order valence-corrected chi connectivity index (χ0v) is 15.5. The molecule has 1 fully saturated rings. The summed E-state index contributed by atoms with van der Waals surface area (Å²) in [6.45, 7) is 2.66. The lowest BCUT2D eigenvalue weighted by Crippen LogP contribution is -2.17. The second kappa shape index (κ2) is 7.25. The van der Waals surface area contributed by atoms with Gasteiger partial charge in [-0.15, -0.1) is 0 Å². The van der Waals surface area contributed by atoms with E-state index in [9.17, 15) is 9.59 Å². The van der Waals surface area contributed by atoms with Crippen LogP contribution in [-0.4, -0.2) is 20.9 Å². The molecule has 2 heterocycles. The van der Waals surface area contributed by atoms with Gasteiger partial charge in [-0.1, -0.05) is 54.1 Å². The number of benzene rings is 2. The van der Waals surface area contributed by atoms with Gasteiger partial charge in [-0.2, -0.15) is 5.10 Å². The molecular weight excluding hydrogens is 358 g/mol. The minimum Gasteiger partial charge on any atom is -0.282 e. The molecule has 4 rings (SSSR count). The Morgan fingerprint density at radius 1 is 1.11 bits per heavy atom. The highest BCUT2D eigenvalue weighted by molar-refractivity contribution is 8.18. The molecule has 1 aliphatic heterocycles. The maximum Gasteiger partial charge on any atom is 0.290 e. The van der Waals surface area contributed by atoms with Crippen molar-refractivity contribution < 1.29 is 9.59 Å². The van der Waals surface area contributed by atoms with Gasteiger partial charge in [0, 0.05) is 17.3 Å². The van der Waals surface area contributed by atoms with Crippen LogP contribution in [0.4, 0.5) is 4.79 Å². The van der Waals surface area contributed by atoms with Gasteiger partial charge in [0.2, 0.25) is 0 Å². The molecule has 0 saturated carbocycles. The molecule has 0 radical (unpaired) electrons. The smallest absolute Gasteiger partial charge is 0.282 e. The highest BCUT2D eigenvalue weighted by Crippen LogP contribution is 2.30. The topological polar surface area (TPSA) is 64.0 Å². The fourth-order valence-electron chi connectivity index (χ4n) is 2.97. The van der Waals surface area contributed by atoms with Crippen LogP contribution in [0.5, 0.6) is 0 Å². The van der Waals surface area contributed by atoms with Crippen LogP contribution in [0.1, 0.15) is 16.7 Å². The summed E-state index contributed by atoms with van der Waals surface area (Å²) in [6.07, 6.45) is 3.64. The van der Waals surface area contributed by atoms with Crippen molar-refractivity contribution in [2.24, 2.45) is 0 Å². The van der Waals surface area contributed by atoms with E-state index in [0.29, 0.717) is 11.4 Å². The molecule has 1 aliphatic rings. The molecule has 0 unspecified atom stereocenters. The molecule has 1 N–H and O–H groups in total. The van der Waals surface area contributed by atoms with Crippen molar-refractivity contribution in [3.05, 3.63) is 82.4 Å². The molecule has 0 spiro atoms. The maximum atomic E-state index is 11.9. The van der Waals surface area contributed by atoms with Crippen molar-refractivity contribution in [2.75, 3.05) is 0 Å². The van der Waals surface area contributed by atoms with Crippen LogP contribution in [-0.2, 0) is 11.3 Å². The van der Waals surface area contributed by atoms with Crippen molar-refractivity contribution in [1.29, 1.82) is 0 Å². The average molecular weight is 375 g/mol. The van der Waals surface area contributed by atoms with Crippen molar-refractivity contribution in [2.45, 2.75) is 13.5 Å². The minimum atomic E-state index is -0.365. The van der Waals surface area contributed by atoms with Gasteiger partial charge in [0.15, 0.2) is 0 Å². The Bertz CT molecular complexity index is 1050. The number of thioether (sulfide) groups is 1. The van der Waals surface area contributed by atoms with E-state index in [-0.39, 0.29) is 11.1 Å². The molecule has 134 valence electrons. The van der Waals surface area contributed by atoms with E-state index in [4.69, 9.17) is 5.10 Å². The Morgan fingerprint density at radius 2 is 1.93 bits per heavy atom. The van der Waals surface area contributed by atoms with Crippen molar-refractivity contribution >= 4 is 29.0 Å². The molecule has 1 aromatic heterocycles. The zero-order valence-electron chi connectivity index (χ0n) is 14.7. The van der Waals surface area contributed by atoms with Crippen LogP contribution in [0, 0.1) is 6.92 Å². The number of hydrogen-bond acceptors (Lipinski definition) is 4. The fraction of sp³-hybridized carbons (Fsp3) is 0.0952. The van der Waals surface area contributed by atoms with Crippen LogP contribution < -0.4 is 5.32 Å². The zero-order chi connectivity index (χ0) is 18.8. The Morgan fingerprint density at radius 3 is 2.63 bits per heavy atom. The number of aryl methyl sites for hydroxylation is 1. The Hall–Kier alpha value is -3.12. The summed E-state index contributed by atoms with van der Waals surface area (Å²) in [4.78, 5) is 23.8. The van der Waals surface area contributed by atoms with Gasteiger partial charge >= 0.3 is 0 Å². The van der Waals surface area contributed by atoms with E-state index in [1.165, 1.54) is 0 Å². The number of imide groups is 1. The fourth-order valence-corrected chi connectivity index (χ4v) is 3.65. The number of carbonyl (C=O) groups excluding carboxylic acids is 2. The van der Waals surface area contributed by atoms with Gasteiger partial charge < -0.3 is 0 Å². The molecular formula is C21H17N3O2S. The van der Waals surface area contributed by atoms with Gasteiger partial charge in [0.1, 0.15) is 0 Å². The quantitative estimate of drug-likeness (QED) is 0.693. The van der Waals surface area contributed by atoms with E-state index in [1.807, 2.05) is 66.3 Å². The molecule has 1 saturated heterocycles. The van der Waals surface area contributed by atoms with Crippen LogP contribution in [0.3, 0.4) is 0 Å². The second-order valence-electron chi connectivity index (χ2n) is 6.34. The lowest BCUT2D eigenvalue weighted by Gasteiger charge is -2.02. The highest BCUT2D eigenvalue weighted by atomic mass is 32.2. The van der Waals surface area contributed by atoms with E-state index in [1.54, 1.807) is 6.08 Å². The third-order valence-electron chi connectivity index (χ3n) is 4.20. The van der Waals surface area contributed by atoms with Crippen molar-refractivity contribution in [3.63, 3.8) is 0 Å². The molecule has 3 aromatic rings. The molecule has 2 aromatic carbocycles. The number of rotatable bonds is 4. The number of carbonyl (C=O) groups is 2. The summed E-state index contributed by atoms with van der Waals surface area (Å²) >= 11 is 0.913. The predicted molar refractivity (Wildman–Crippen MR) is 107 cm³/mol. The maximum absolute atomic E-state index is 11.9. The van der Waals surface area contributed by atoms with E-state index in [0.717, 1.165) is 39.7 Å². The minimum absolute atomic E-state index is 0.347. The first-order valence-corrected chi connectivity index (χ1v) is 9.33. The lowest BCUT2D eigenvalue weighted by atomic mass is 10.1. The normalized spacial score (nSPS) is 15.4. The summed E-state index contributed by atoms with van der Waals surface area (Å²) in [6, 6.07) is 18.1. The summed E-state index contributed by atoms with van der Waals surface area (Å²) in [5, 5.41) is 6.69. The van der Waals surface area contributed by atoms with Crippen LogP contribution in [0.25, 0.3) is 17.3 Å². The number of nitrogens with one attached hydrogen (secondary N) is 1. The van der Waals surface area contributed by atoms with Crippen molar-refractivity contribution in [1.82, 2.24) is 15.1 Å².